The van der Waals surface area contributed by atoms with E-state index in [9.17, 15) is 0 Å². The molecule has 0 aromatic heterocycles. The molecule has 11 heavy (non-hydrogen) atoms. The summed E-state index contributed by atoms with van der Waals surface area (Å²) in [5.41, 5.74) is 0. The Balaban J connectivity index is 3.73. The summed E-state index contributed by atoms with van der Waals surface area (Å²) in [4.78, 5) is 0. The summed E-state index contributed by atoms with van der Waals surface area (Å²) < 4.78 is 0. The van der Waals surface area contributed by atoms with Crippen LogP contribution in [0.4, 0.5) is 0 Å². The van der Waals surface area contributed by atoms with E-state index in [-0.39, 0.29) is 0 Å². The molecule has 0 saturated heterocycles. The van der Waals surface area contributed by atoms with Crippen LogP contribution in [-0.4, -0.2) is 24.3 Å². The van der Waals surface area contributed by atoms with Crippen LogP contribution in [0.15, 0.2) is 29.9 Å². The van der Waals surface area contributed by atoms with Gasteiger partial charge in [0.05, 0.1) is 0 Å². The topological polar surface area (TPSA) is 15.6 Å². The monoisotopic (exact) mass is 152 g/mol. The molecule has 0 heterocycles. The van der Waals surface area contributed by atoms with Gasteiger partial charge in [0.25, 0.3) is 0 Å². The molecule has 0 amide bonds. The molecule has 0 aromatic rings. The van der Waals surface area contributed by atoms with Crippen molar-refractivity contribution in [3.05, 3.63) is 24.8 Å². The van der Waals surface area contributed by atoms with E-state index in [1.807, 2.05) is 24.2 Å². The van der Waals surface area contributed by atoms with Crippen molar-refractivity contribution in [3.8, 4) is 0 Å². The fourth-order valence-electron chi connectivity index (χ4n) is 0.405. The van der Waals surface area contributed by atoms with E-state index in [1.54, 1.807) is 12.3 Å². The molecule has 2 nitrogen and oxygen atoms in total. The van der Waals surface area contributed by atoms with Crippen LogP contribution < -0.4 is 0 Å². The van der Waals surface area contributed by atoms with Crippen molar-refractivity contribution >= 4 is 6.21 Å². The predicted octanol–water partition coefficient (Wildman–Crippen LogP) is 2.05. The Hall–Kier alpha value is -1.05. The molecular formula is C9H16N2. The average molecular weight is 152 g/mol. The van der Waals surface area contributed by atoms with Gasteiger partial charge in [0, 0.05) is 19.3 Å². The quantitative estimate of drug-likeness (QED) is 0.342. The smallest absolute Gasteiger partial charge is 0.0470 e. The summed E-state index contributed by atoms with van der Waals surface area (Å²) in [6.45, 7) is 7.73. The molecule has 0 aliphatic rings. The molecule has 0 spiro atoms. The van der Waals surface area contributed by atoms with E-state index in [2.05, 4.69) is 25.5 Å². The molecule has 0 bridgehead atoms. The molecule has 0 saturated carbocycles. The Labute approximate surface area is 68.9 Å². The number of hydrogen-bond acceptors (Lipinski definition) is 2. The van der Waals surface area contributed by atoms with Gasteiger partial charge in [-0.15, -0.1) is 0 Å². The number of allylic oxidation sites excluding steroid dienone is 3. The first-order valence-corrected chi connectivity index (χ1v) is 3.73. The molecule has 0 aliphatic heterocycles. The van der Waals surface area contributed by atoms with Gasteiger partial charge in [0.2, 0.25) is 0 Å². The van der Waals surface area contributed by atoms with Crippen molar-refractivity contribution in [1.29, 1.82) is 0 Å². The van der Waals surface area contributed by atoms with Crippen LogP contribution in [0.1, 0.15) is 13.8 Å². The van der Waals surface area contributed by atoms with Gasteiger partial charge in [-0.1, -0.05) is 18.7 Å². The fourth-order valence-corrected chi connectivity index (χ4v) is 0.405. The highest BCUT2D eigenvalue weighted by Crippen LogP contribution is 1.91. The van der Waals surface area contributed by atoms with Crippen LogP contribution >= 0.6 is 0 Å². The second kappa shape index (κ2) is 5.71. The lowest BCUT2D eigenvalue weighted by Crippen LogP contribution is -2.19. The lowest BCUT2D eigenvalue weighted by Gasteiger charge is -2.15. The van der Waals surface area contributed by atoms with Crippen molar-refractivity contribution in [2.45, 2.75) is 19.9 Å². The van der Waals surface area contributed by atoms with Gasteiger partial charge >= 0.3 is 0 Å². The van der Waals surface area contributed by atoms with Crippen LogP contribution in [0, 0.1) is 0 Å². The minimum absolute atomic E-state index is 0.448. The summed E-state index contributed by atoms with van der Waals surface area (Å²) in [6, 6.07) is 0.448. The maximum atomic E-state index is 4.13. The molecule has 0 fully saturated rings. The van der Waals surface area contributed by atoms with E-state index in [1.165, 1.54) is 0 Å². The maximum Gasteiger partial charge on any atom is 0.0470 e. The summed E-state index contributed by atoms with van der Waals surface area (Å²) >= 11 is 0. The lowest BCUT2D eigenvalue weighted by molar-refractivity contribution is 0.290. The maximum absolute atomic E-state index is 4.13. The summed E-state index contributed by atoms with van der Waals surface area (Å²) in [5, 5.41) is 6.03. The van der Waals surface area contributed by atoms with Gasteiger partial charge in [-0.05, 0) is 19.9 Å². The van der Waals surface area contributed by atoms with Gasteiger partial charge in [-0.25, -0.2) is 0 Å². The van der Waals surface area contributed by atoms with E-state index in [4.69, 9.17) is 0 Å². The normalized spacial score (nSPS) is 11.6. The highest BCUT2D eigenvalue weighted by atomic mass is 15.4. The predicted molar refractivity (Wildman–Crippen MR) is 50.7 cm³/mol. The van der Waals surface area contributed by atoms with Crippen LogP contribution in [-0.2, 0) is 0 Å². The first-order valence-electron chi connectivity index (χ1n) is 3.73. The zero-order chi connectivity index (χ0) is 8.69. The van der Waals surface area contributed by atoms with Gasteiger partial charge < -0.3 is 0 Å². The third-order valence-electron chi connectivity index (χ3n) is 1.33. The first kappa shape index (κ1) is 9.95. The van der Waals surface area contributed by atoms with E-state index >= 15 is 0 Å². The zero-order valence-corrected chi connectivity index (χ0v) is 7.49. The van der Waals surface area contributed by atoms with Crippen LogP contribution in [0.25, 0.3) is 0 Å². The Kier molecular flexibility index (Phi) is 5.17. The van der Waals surface area contributed by atoms with Crippen molar-refractivity contribution in [1.82, 2.24) is 5.01 Å². The van der Waals surface area contributed by atoms with Crippen LogP contribution in [0.3, 0.4) is 0 Å². The molecule has 0 unspecified atom stereocenters. The molecule has 2 heteroatoms. The molecule has 0 rings (SSSR count). The largest absolute Gasteiger partial charge is 0.298 e. The van der Waals surface area contributed by atoms with Gasteiger partial charge in [0.1, 0.15) is 0 Å². The van der Waals surface area contributed by atoms with E-state index < -0.39 is 0 Å². The lowest BCUT2D eigenvalue weighted by atomic mass is 10.4. The summed E-state index contributed by atoms with van der Waals surface area (Å²) in [7, 11) is 1.95. The second-order valence-corrected chi connectivity index (χ2v) is 2.55. The third kappa shape index (κ3) is 5.40. The molecular weight excluding hydrogens is 136 g/mol. The van der Waals surface area contributed by atoms with E-state index in [0.29, 0.717) is 6.04 Å². The second-order valence-electron chi connectivity index (χ2n) is 2.55. The fraction of sp³-hybridized carbons (Fsp3) is 0.444. The summed E-state index contributed by atoms with van der Waals surface area (Å²) in [5.74, 6) is 0. The SMILES string of the molecule is C=C/C=C/C=N\N(C)C(C)C. The van der Waals surface area contributed by atoms with Crippen molar-refractivity contribution in [2.24, 2.45) is 5.10 Å². The molecule has 0 N–H and O–H groups in total. The average Bonchev–Trinajstić information content (AvgIpc) is 1.97. The first-order chi connectivity index (χ1) is 5.18. The number of nitrogens with zero attached hydrogens (tertiary/aromatic N) is 2. The Morgan fingerprint density at radius 3 is 2.45 bits per heavy atom. The number of hydrogen-bond donors (Lipinski definition) is 0. The molecule has 0 radical (unpaired) electrons. The van der Waals surface area contributed by atoms with Crippen molar-refractivity contribution in [3.63, 3.8) is 0 Å². The third-order valence-corrected chi connectivity index (χ3v) is 1.33. The highest BCUT2D eigenvalue weighted by molar-refractivity contribution is 5.71. The minimum Gasteiger partial charge on any atom is -0.298 e. The number of rotatable bonds is 4. The van der Waals surface area contributed by atoms with Crippen LogP contribution in [0.2, 0.25) is 0 Å². The Morgan fingerprint density at radius 1 is 1.36 bits per heavy atom. The van der Waals surface area contributed by atoms with Gasteiger partial charge in [0.15, 0.2) is 0 Å². The highest BCUT2D eigenvalue weighted by Gasteiger charge is 1.94. The van der Waals surface area contributed by atoms with Crippen molar-refractivity contribution < 1.29 is 0 Å². The van der Waals surface area contributed by atoms with Crippen LogP contribution in [0.5, 0.6) is 0 Å². The number of hydrazone groups is 1. The van der Waals surface area contributed by atoms with Gasteiger partial charge in [-0.2, -0.15) is 5.10 Å². The standard InChI is InChI=1S/C9H16N2/c1-5-6-7-8-10-11(4)9(2)3/h5-9H,1H2,2-4H3/b7-6+,10-8-. The molecule has 0 aliphatic carbocycles. The Morgan fingerprint density at radius 2 is 2.00 bits per heavy atom. The molecule has 0 atom stereocenters. The van der Waals surface area contributed by atoms with Crippen molar-refractivity contribution in [2.75, 3.05) is 7.05 Å². The zero-order valence-electron chi connectivity index (χ0n) is 7.49. The molecule has 0 aromatic carbocycles. The summed E-state index contributed by atoms with van der Waals surface area (Å²) in [6.07, 6.45) is 7.17. The van der Waals surface area contributed by atoms with Gasteiger partial charge in [-0.3, -0.25) is 5.01 Å². The molecule has 62 valence electrons. The van der Waals surface area contributed by atoms with E-state index in [0.717, 1.165) is 0 Å². The Bertz CT molecular complexity index is 157. The minimum atomic E-state index is 0.448.